The summed E-state index contributed by atoms with van der Waals surface area (Å²) < 4.78 is 85.5. The van der Waals surface area contributed by atoms with Crippen LogP contribution < -0.4 is 0 Å². The molecule has 0 amide bonds. The fraction of sp³-hybridized carbons (Fsp3) is 0.385. The van der Waals surface area contributed by atoms with Crippen molar-refractivity contribution in [2.75, 3.05) is 0 Å². The molecule has 0 aromatic carbocycles. The van der Waals surface area contributed by atoms with E-state index in [0.29, 0.717) is 11.8 Å². The Labute approximate surface area is 120 Å². The summed E-state index contributed by atoms with van der Waals surface area (Å²) in [6.07, 6.45) is -10.3. The van der Waals surface area contributed by atoms with Crippen LogP contribution in [0.4, 0.5) is 26.3 Å². The van der Waals surface area contributed by atoms with Gasteiger partial charge in [-0.25, -0.2) is 0 Å². The molecule has 2 rings (SSSR count). The summed E-state index contributed by atoms with van der Waals surface area (Å²) in [5, 5.41) is 9.16. The van der Waals surface area contributed by atoms with Crippen LogP contribution in [0.25, 0.3) is 0 Å². The lowest BCUT2D eigenvalue weighted by Crippen LogP contribution is -2.53. The quantitative estimate of drug-likeness (QED) is 0.864. The van der Waals surface area contributed by atoms with E-state index >= 15 is 0 Å². The number of halogens is 6. The van der Waals surface area contributed by atoms with Gasteiger partial charge < -0.3 is 13.9 Å². The van der Waals surface area contributed by atoms with Crippen LogP contribution in [0.2, 0.25) is 0 Å². The van der Waals surface area contributed by atoms with Crippen molar-refractivity contribution in [1.29, 1.82) is 0 Å². The van der Waals surface area contributed by atoms with E-state index in [1.54, 1.807) is 12.1 Å². The van der Waals surface area contributed by atoms with Gasteiger partial charge in [0.15, 0.2) is 5.76 Å². The third-order valence-electron chi connectivity index (χ3n) is 3.04. The normalized spacial score (nSPS) is 13.6. The maximum Gasteiger partial charge on any atom is 0.433 e. The highest BCUT2D eigenvalue weighted by atomic mass is 19.4. The second-order valence-electron chi connectivity index (χ2n) is 4.55. The Kier molecular flexibility index (Phi) is 4.03. The van der Waals surface area contributed by atoms with Gasteiger partial charge in [-0.3, -0.25) is 0 Å². The maximum atomic E-state index is 12.7. The van der Waals surface area contributed by atoms with Crippen LogP contribution >= 0.6 is 0 Å². The molecule has 0 bridgehead atoms. The van der Waals surface area contributed by atoms with E-state index in [1.165, 1.54) is 6.26 Å². The van der Waals surface area contributed by atoms with Gasteiger partial charge in [0.1, 0.15) is 11.5 Å². The number of alkyl halides is 6. The monoisotopic (exact) mass is 328 g/mol. The third-order valence-corrected chi connectivity index (χ3v) is 3.04. The topological polar surface area (TPSA) is 46.5 Å². The molecule has 3 nitrogen and oxygen atoms in total. The predicted octanol–water partition coefficient (Wildman–Crippen LogP) is 3.97. The largest absolute Gasteiger partial charge is 0.469 e. The van der Waals surface area contributed by atoms with E-state index in [0.717, 1.165) is 6.07 Å². The highest BCUT2D eigenvalue weighted by Crippen LogP contribution is 2.50. The second-order valence-corrected chi connectivity index (χ2v) is 4.55. The molecule has 0 aliphatic carbocycles. The first kappa shape index (κ1) is 16.5. The van der Waals surface area contributed by atoms with E-state index in [-0.39, 0.29) is 18.6 Å². The molecule has 2 aromatic rings. The van der Waals surface area contributed by atoms with Crippen LogP contribution in [0.3, 0.4) is 0 Å². The van der Waals surface area contributed by atoms with Crippen LogP contribution in [-0.4, -0.2) is 17.5 Å². The average molecular weight is 328 g/mol. The predicted molar refractivity (Wildman–Crippen MR) is 60.8 cm³/mol. The average Bonchev–Trinajstić information content (AvgIpc) is 3.04. The second kappa shape index (κ2) is 5.38. The molecule has 122 valence electrons. The van der Waals surface area contributed by atoms with Gasteiger partial charge in [-0.2, -0.15) is 26.3 Å². The highest BCUT2D eigenvalue weighted by molar-refractivity contribution is 5.19. The first-order chi connectivity index (χ1) is 10.1. The SMILES string of the molecule is OC(c1ccc(CCc2ccco2)o1)(C(F)(F)F)C(F)(F)F. The Morgan fingerprint density at radius 2 is 1.45 bits per heavy atom. The lowest BCUT2D eigenvalue weighted by molar-refractivity contribution is -0.381. The number of furan rings is 2. The van der Waals surface area contributed by atoms with Crippen LogP contribution in [0, 0.1) is 0 Å². The Balaban J connectivity index is 2.24. The summed E-state index contributed by atoms with van der Waals surface area (Å²) in [5.41, 5.74) is -5.04. The molecule has 0 spiro atoms. The summed E-state index contributed by atoms with van der Waals surface area (Å²) in [6.45, 7) is 0. The molecule has 0 fully saturated rings. The van der Waals surface area contributed by atoms with Gasteiger partial charge in [-0.1, -0.05) is 0 Å². The molecule has 2 heterocycles. The number of hydrogen-bond donors (Lipinski definition) is 1. The van der Waals surface area contributed by atoms with Gasteiger partial charge in [-0.15, -0.1) is 0 Å². The van der Waals surface area contributed by atoms with Crippen molar-refractivity contribution < 1.29 is 40.3 Å². The fourth-order valence-corrected chi connectivity index (χ4v) is 1.85. The van der Waals surface area contributed by atoms with Crippen molar-refractivity contribution in [2.45, 2.75) is 30.8 Å². The Morgan fingerprint density at radius 3 is 1.95 bits per heavy atom. The first-order valence-electron chi connectivity index (χ1n) is 6.03. The Bertz CT molecular complexity index is 594. The number of rotatable bonds is 4. The third kappa shape index (κ3) is 2.85. The van der Waals surface area contributed by atoms with E-state index < -0.39 is 23.7 Å². The first-order valence-corrected chi connectivity index (χ1v) is 6.03. The minimum absolute atomic E-state index is 0.0271. The minimum Gasteiger partial charge on any atom is -0.469 e. The molecule has 0 aliphatic heterocycles. The van der Waals surface area contributed by atoms with Crippen LogP contribution in [0.15, 0.2) is 39.4 Å². The van der Waals surface area contributed by atoms with E-state index in [2.05, 4.69) is 4.42 Å². The molecule has 22 heavy (non-hydrogen) atoms. The van der Waals surface area contributed by atoms with Crippen molar-refractivity contribution in [1.82, 2.24) is 0 Å². The summed E-state index contributed by atoms with van der Waals surface area (Å²) in [6, 6.07) is 4.62. The number of aryl methyl sites for hydroxylation is 2. The fourth-order valence-electron chi connectivity index (χ4n) is 1.85. The Hall–Kier alpha value is -1.90. The number of aliphatic hydroxyl groups is 1. The molecular weight excluding hydrogens is 318 g/mol. The standard InChI is InChI=1S/C13H10F6O3/c14-12(15,16)11(20,13(17,18)19)10-6-5-9(22-10)4-3-8-2-1-7-21-8/h1-2,5-7,20H,3-4H2. The molecule has 0 radical (unpaired) electrons. The van der Waals surface area contributed by atoms with Gasteiger partial charge in [0.25, 0.3) is 0 Å². The van der Waals surface area contributed by atoms with Crippen LogP contribution in [-0.2, 0) is 18.4 Å². The minimum atomic E-state index is -5.96. The van der Waals surface area contributed by atoms with Gasteiger partial charge in [0, 0.05) is 12.8 Å². The lowest BCUT2D eigenvalue weighted by atomic mass is 9.99. The van der Waals surface area contributed by atoms with Crippen molar-refractivity contribution in [3.8, 4) is 0 Å². The van der Waals surface area contributed by atoms with Crippen molar-refractivity contribution in [3.63, 3.8) is 0 Å². The summed E-state index contributed by atoms with van der Waals surface area (Å²) in [4.78, 5) is 0. The smallest absolute Gasteiger partial charge is 0.433 e. The summed E-state index contributed by atoms with van der Waals surface area (Å²) in [7, 11) is 0. The van der Waals surface area contributed by atoms with E-state index in [1.807, 2.05) is 0 Å². The zero-order valence-corrected chi connectivity index (χ0v) is 10.8. The van der Waals surface area contributed by atoms with Gasteiger partial charge in [-0.05, 0) is 24.3 Å². The lowest BCUT2D eigenvalue weighted by Gasteiger charge is -2.30. The molecule has 0 saturated heterocycles. The molecule has 0 aliphatic rings. The van der Waals surface area contributed by atoms with Crippen LogP contribution in [0.1, 0.15) is 17.3 Å². The zero-order chi connectivity index (χ0) is 16.6. The van der Waals surface area contributed by atoms with Gasteiger partial charge in [0.2, 0.25) is 0 Å². The molecule has 2 aromatic heterocycles. The molecular formula is C13H10F6O3. The summed E-state index contributed by atoms with van der Waals surface area (Å²) in [5.74, 6) is -1.24. The molecule has 0 unspecified atom stereocenters. The van der Waals surface area contributed by atoms with Crippen molar-refractivity contribution in [2.24, 2.45) is 0 Å². The van der Waals surface area contributed by atoms with Crippen molar-refractivity contribution in [3.05, 3.63) is 47.8 Å². The molecule has 9 heteroatoms. The van der Waals surface area contributed by atoms with E-state index in [4.69, 9.17) is 9.52 Å². The molecule has 1 N–H and O–H groups in total. The number of hydrogen-bond acceptors (Lipinski definition) is 3. The molecule has 0 saturated carbocycles. The zero-order valence-electron chi connectivity index (χ0n) is 10.8. The van der Waals surface area contributed by atoms with Crippen molar-refractivity contribution >= 4 is 0 Å². The van der Waals surface area contributed by atoms with Gasteiger partial charge >= 0.3 is 18.0 Å². The molecule has 0 atom stereocenters. The maximum absolute atomic E-state index is 12.7. The van der Waals surface area contributed by atoms with Gasteiger partial charge in [0.05, 0.1) is 6.26 Å². The summed E-state index contributed by atoms with van der Waals surface area (Å²) >= 11 is 0. The van der Waals surface area contributed by atoms with E-state index in [9.17, 15) is 26.3 Å². The van der Waals surface area contributed by atoms with Crippen LogP contribution in [0.5, 0.6) is 0 Å². The highest BCUT2D eigenvalue weighted by Gasteiger charge is 2.73. The Morgan fingerprint density at radius 1 is 0.864 bits per heavy atom.